The summed E-state index contributed by atoms with van der Waals surface area (Å²) < 4.78 is 5.11. The van der Waals surface area contributed by atoms with Crippen LogP contribution in [0, 0.1) is 16.2 Å². The lowest BCUT2D eigenvalue weighted by molar-refractivity contribution is -0.139. The molecule has 24 heavy (non-hydrogen) atoms. The standard InChI is InChI=1S/C22H42O2/c1-18(2)19(23)24-17-15-13-11-10-12-14-16-22(9,20(3,4)5)21(6,7)8/h1,10-17H2,2-9H3. The molecular weight excluding hydrogens is 296 g/mol. The van der Waals surface area contributed by atoms with Crippen LogP contribution in [-0.4, -0.2) is 12.6 Å². The minimum absolute atomic E-state index is 0.265. The molecule has 2 heteroatoms. The second-order valence-electron chi connectivity index (χ2n) is 9.62. The largest absolute Gasteiger partial charge is 0.462 e. The van der Waals surface area contributed by atoms with E-state index in [1.807, 2.05) is 0 Å². The molecule has 0 unspecified atom stereocenters. The van der Waals surface area contributed by atoms with E-state index in [-0.39, 0.29) is 5.97 Å². The molecule has 0 aliphatic rings. The SMILES string of the molecule is C=C(C)C(=O)OCCCCCCCCC(C)(C(C)(C)C)C(C)(C)C. The van der Waals surface area contributed by atoms with Gasteiger partial charge in [0.05, 0.1) is 6.61 Å². The molecule has 0 bridgehead atoms. The van der Waals surface area contributed by atoms with Crippen LogP contribution in [0.4, 0.5) is 0 Å². The molecule has 0 radical (unpaired) electrons. The van der Waals surface area contributed by atoms with E-state index in [4.69, 9.17) is 4.74 Å². The first-order chi connectivity index (χ1) is 10.8. The van der Waals surface area contributed by atoms with Crippen molar-refractivity contribution < 1.29 is 9.53 Å². The fraction of sp³-hybridized carbons (Fsp3) is 0.864. The molecule has 0 aromatic heterocycles. The van der Waals surface area contributed by atoms with Gasteiger partial charge in [-0.05, 0) is 36.0 Å². The Balaban J connectivity index is 3.93. The van der Waals surface area contributed by atoms with E-state index in [9.17, 15) is 4.79 Å². The summed E-state index contributed by atoms with van der Waals surface area (Å²) in [6.45, 7) is 22.5. The topological polar surface area (TPSA) is 26.3 Å². The van der Waals surface area contributed by atoms with Crippen molar-refractivity contribution in [2.45, 2.75) is 100 Å². The summed E-state index contributed by atoms with van der Waals surface area (Å²) in [7, 11) is 0. The average Bonchev–Trinajstić information content (AvgIpc) is 2.42. The van der Waals surface area contributed by atoms with Gasteiger partial charge in [-0.2, -0.15) is 0 Å². The van der Waals surface area contributed by atoms with Gasteiger partial charge in [-0.1, -0.05) is 87.1 Å². The maximum absolute atomic E-state index is 11.3. The van der Waals surface area contributed by atoms with Crippen molar-refractivity contribution in [2.75, 3.05) is 6.61 Å². The number of esters is 1. The van der Waals surface area contributed by atoms with Crippen LogP contribution in [0.25, 0.3) is 0 Å². The highest BCUT2D eigenvalue weighted by atomic mass is 16.5. The van der Waals surface area contributed by atoms with Crippen molar-refractivity contribution in [1.29, 1.82) is 0 Å². The zero-order valence-electron chi connectivity index (χ0n) is 17.7. The van der Waals surface area contributed by atoms with Gasteiger partial charge in [-0.15, -0.1) is 0 Å². The lowest BCUT2D eigenvalue weighted by atomic mass is 9.53. The summed E-state index contributed by atoms with van der Waals surface area (Å²) in [6.07, 6.45) is 8.49. The molecule has 0 N–H and O–H groups in total. The van der Waals surface area contributed by atoms with Crippen LogP contribution < -0.4 is 0 Å². The van der Waals surface area contributed by atoms with Crippen molar-refractivity contribution in [1.82, 2.24) is 0 Å². The number of unbranched alkanes of at least 4 members (excludes halogenated alkanes) is 5. The normalized spacial score (nSPS) is 13.0. The molecule has 0 fully saturated rings. The average molecular weight is 339 g/mol. The lowest BCUT2D eigenvalue weighted by Gasteiger charge is -2.52. The van der Waals surface area contributed by atoms with Crippen molar-refractivity contribution >= 4 is 5.97 Å². The first kappa shape index (κ1) is 23.2. The summed E-state index contributed by atoms with van der Waals surface area (Å²) in [4.78, 5) is 11.3. The Hall–Kier alpha value is -0.790. The fourth-order valence-electron chi connectivity index (χ4n) is 3.45. The monoisotopic (exact) mass is 338 g/mol. The summed E-state index contributed by atoms with van der Waals surface area (Å²) in [6, 6.07) is 0. The second kappa shape index (κ2) is 9.63. The number of carbonyl (C=O) groups is 1. The predicted octanol–water partition coefficient (Wildman–Crippen LogP) is 6.93. The van der Waals surface area contributed by atoms with E-state index in [0.717, 1.165) is 12.8 Å². The second-order valence-corrected chi connectivity index (χ2v) is 9.62. The molecular formula is C22H42O2. The molecule has 0 spiro atoms. The van der Waals surface area contributed by atoms with Gasteiger partial charge in [0.15, 0.2) is 0 Å². The van der Waals surface area contributed by atoms with E-state index in [0.29, 0.717) is 28.4 Å². The first-order valence-electron chi connectivity index (χ1n) is 9.65. The zero-order valence-corrected chi connectivity index (χ0v) is 17.7. The minimum Gasteiger partial charge on any atom is -0.462 e. The highest BCUT2D eigenvalue weighted by Gasteiger charge is 2.45. The van der Waals surface area contributed by atoms with Crippen molar-refractivity contribution in [2.24, 2.45) is 16.2 Å². The molecule has 0 aliphatic heterocycles. The molecule has 0 rings (SSSR count). The maximum Gasteiger partial charge on any atom is 0.333 e. The highest BCUT2D eigenvalue weighted by Crippen LogP contribution is 2.54. The van der Waals surface area contributed by atoms with Gasteiger partial charge in [-0.3, -0.25) is 0 Å². The van der Waals surface area contributed by atoms with Gasteiger partial charge in [-0.25, -0.2) is 4.79 Å². The molecule has 0 saturated heterocycles. The van der Waals surface area contributed by atoms with Crippen LogP contribution in [0.1, 0.15) is 100 Å². The maximum atomic E-state index is 11.3. The molecule has 0 aromatic rings. The van der Waals surface area contributed by atoms with E-state index < -0.39 is 0 Å². The Morgan fingerprint density at radius 3 is 1.62 bits per heavy atom. The molecule has 142 valence electrons. The fourth-order valence-corrected chi connectivity index (χ4v) is 3.45. The van der Waals surface area contributed by atoms with Crippen LogP contribution in [0.15, 0.2) is 12.2 Å². The summed E-state index contributed by atoms with van der Waals surface area (Å²) in [5, 5.41) is 0. The van der Waals surface area contributed by atoms with Crippen molar-refractivity contribution in [3.63, 3.8) is 0 Å². The van der Waals surface area contributed by atoms with Crippen molar-refractivity contribution in [3.05, 3.63) is 12.2 Å². The van der Waals surface area contributed by atoms with Gasteiger partial charge >= 0.3 is 5.97 Å². The van der Waals surface area contributed by atoms with Gasteiger partial charge in [0, 0.05) is 5.57 Å². The van der Waals surface area contributed by atoms with E-state index in [1.54, 1.807) is 6.92 Å². The zero-order chi connectivity index (χ0) is 19.0. The Kier molecular flexibility index (Phi) is 9.31. The molecule has 0 atom stereocenters. The molecule has 0 heterocycles. The van der Waals surface area contributed by atoms with E-state index in [2.05, 4.69) is 55.0 Å². The molecule has 0 aromatic carbocycles. The highest BCUT2D eigenvalue weighted by molar-refractivity contribution is 5.86. The number of ether oxygens (including phenoxy) is 1. The number of carbonyl (C=O) groups excluding carboxylic acids is 1. The molecule has 2 nitrogen and oxygen atoms in total. The predicted molar refractivity (Wildman–Crippen MR) is 105 cm³/mol. The smallest absolute Gasteiger partial charge is 0.333 e. The third-order valence-corrected chi connectivity index (χ3v) is 5.96. The van der Waals surface area contributed by atoms with Crippen LogP contribution >= 0.6 is 0 Å². The number of hydrogen-bond acceptors (Lipinski definition) is 2. The summed E-state index contributed by atoms with van der Waals surface area (Å²) >= 11 is 0. The summed E-state index contributed by atoms with van der Waals surface area (Å²) in [5.41, 5.74) is 1.46. The quantitative estimate of drug-likeness (QED) is 0.245. The van der Waals surface area contributed by atoms with Gasteiger partial charge in [0.1, 0.15) is 0 Å². The van der Waals surface area contributed by atoms with Crippen LogP contribution in [0.2, 0.25) is 0 Å². The van der Waals surface area contributed by atoms with Crippen molar-refractivity contribution in [3.8, 4) is 0 Å². The number of rotatable bonds is 10. The van der Waals surface area contributed by atoms with Gasteiger partial charge < -0.3 is 4.74 Å². The molecule has 0 amide bonds. The van der Waals surface area contributed by atoms with Crippen LogP contribution in [-0.2, 0) is 9.53 Å². The molecule has 0 saturated carbocycles. The van der Waals surface area contributed by atoms with Crippen LogP contribution in [0.5, 0.6) is 0 Å². The Bertz CT molecular complexity index is 379. The Morgan fingerprint density at radius 2 is 1.21 bits per heavy atom. The molecule has 0 aliphatic carbocycles. The van der Waals surface area contributed by atoms with E-state index in [1.165, 1.54) is 32.1 Å². The van der Waals surface area contributed by atoms with Gasteiger partial charge in [0.25, 0.3) is 0 Å². The minimum atomic E-state index is -0.265. The lowest BCUT2D eigenvalue weighted by Crippen LogP contribution is -2.43. The first-order valence-corrected chi connectivity index (χ1v) is 9.65. The van der Waals surface area contributed by atoms with Crippen LogP contribution in [0.3, 0.4) is 0 Å². The van der Waals surface area contributed by atoms with Gasteiger partial charge in [0.2, 0.25) is 0 Å². The number of hydrogen-bond donors (Lipinski definition) is 0. The summed E-state index contributed by atoms with van der Waals surface area (Å²) in [5.74, 6) is -0.265. The third-order valence-electron chi connectivity index (χ3n) is 5.96. The van der Waals surface area contributed by atoms with E-state index >= 15 is 0 Å². The Morgan fingerprint density at radius 1 is 0.792 bits per heavy atom. The Labute approximate surface area is 151 Å². The third kappa shape index (κ3) is 7.40.